The fourth-order valence-corrected chi connectivity index (χ4v) is 0.889. The minimum absolute atomic E-state index is 0.102. The van der Waals surface area contributed by atoms with Gasteiger partial charge in [0.15, 0.2) is 0 Å². The van der Waals surface area contributed by atoms with E-state index < -0.39 is 0 Å². The smallest absolute Gasteiger partial charge is 0.290 e. The maximum atomic E-state index is 10.7. The highest BCUT2D eigenvalue weighted by atomic mass is 16.2. The first-order valence-electron chi connectivity index (χ1n) is 2.93. The Morgan fingerprint density at radius 2 is 2.11 bits per heavy atom. The quantitative estimate of drug-likeness (QED) is 0.423. The average Bonchev–Trinajstić information content (AvgIpc) is 1.98. The molecule has 1 atom stereocenters. The molecule has 0 radical (unpaired) electrons. The van der Waals surface area contributed by atoms with E-state index in [9.17, 15) is 9.59 Å². The van der Waals surface area contributed by atoms with E-state index in [1.165, 1.54) is 4.90 Å². The van der Waals surface area contributed by atoms with Crippen LogP contribution in [0.3, 0.4) is 0 Å². The van der Waals surface area contributed by atoms with Gasteiger partial charge in [0, 0.05) is 19.5 Å². The van der Waals surface area contributed by atoms with Gasteiger partial charge < -0.3 is 4.90 Å². The Morgan fingerprint density at radius 1 is 1.56 bits per heavy atom. The van der Waals surface area contributed by atoms with Crippen molar-refractivity contribution < 1.29 is 9.59 Å². The lowest BCUT2D eigenvalue weighted by Gasteiger charge is -2.11. The number of carbonyl (C=O) groups is 2. The van der Waals surface area contributed by atoms with Crippen LogP contribution in [0.4, 0.5) is 0 Å². The van der Waals surface area contributed by atoms with E-state index >= 15 is 0 Å². The summed E-state index contributed by atoms with van der Waals surface area (Å²) < 4.78 is 0. The molecular weight excluding hydrogens is 118 g/mol. The lowest BCUT2D eigenvalue weighted by Crippen LogP contribution is -2.27. The zero-order chi connectivity index (χ0) is 7.02. The number of Topliss-reactive ketones (excluding diaryl/α,β-unsaturated/α-hetero) is 1. The summed E-state index contributed by atoms with van der Waals surface area (Å²) in [6, 6.07) is 0.102. The number of rotatable bonds is 0. The number of hydrogen-bond acceptors (Lipinski definition) is 2. The van der Waals surface area contributed by atoms with Gasteiger partial charge in [-0.05, 0) is 6.92 Å². The molecule has 3 nitrogen and oxygen atoms in total. The standard InChI is InChI=1S/C6H9NO2/c1-4-3-5(8)6(9)7(4)2/h4H,3H2,1-2H3. The Hall–Kier alpha value is -0.860. The number of nitrogens with zero attached hydrogens (tertiary/aromatic N) is 1. The third-order valence-corrected chi connectivity index (χ3v) is 1.70. The third-order valence-electron chi connectivity index (χ3n) is 1.70. The van der Waals surface area contributed by atoms with Gasteiger partial charge in [-0.2, -0.15) is 0 Å². The third kappa shape index (κ3) is 0.823. The van der Waals surface area contributed by atoms with Gasteiger partial charge in [-0.3, -0.25) is 9.59 Å². The monoisotopic (exact) mass is 127 g/mol. The second-order valence-corrected chi connectivity index (χ2v) is 2.39. The largest absolute Gasteiger partial charge is 0.336 e. The lowest BCUT2D eigenvalue weighted by atomic mass is 10.2. The summed E-state index contributed by atoms with van der Waals surface area (Å²) in [6.45, 7) is 1.86. The Kier molecular flexibility index (Phi) is 1.27. The van der Waals surface area contributed by atoms with Crippen molar-refractivity contribution in [3.63, 3.8) is 0 Å². The van der Waals surface area contributed by atoms with Crippen molar-refractivity contribution in [1.82, 2.24) is 4.90 Å². The maximum Gasteiger partial charge on any atom is 0.290 e. The molecule has 1 aliphatic heterocycles. The first-order chi connectivity index (χ1) is 4.13. The van der Waals surface area contributed by atoms with Gasteiger partial charge in [-0.15, -0.1) is 0 Å². The molecular formula is C6H9NO2. The molecule has 9 heavy (non-hydrogen) atoms. The van der Waals surface area contributed by atoms with Crippen molar-refractivity contribution >= 4 is 11.7 Å². The molecule has 50 valence electrons. The maximum absolute atomic E-state index is 10.7. The Morgan fingerprint density at radius 3 is 2.22 bits per heavy atom. The minimum Gasteiger partial charge on any atom is -0.336 e. The van der Waals surface area contributed by atoms with Crippen molar-refractivity contribution in [3.8, 4) is 0 Å². The van der Waals surface area contributed by atoms with Crippen LogP contribution in [-0.4, -0.2) is 29.7 Å². The minimum atomic E-state index is -0.345. The molecule has 3 heteroatoms. The number of hydrogen-bond donors (Lipinski definition) is 0. The average molecular weight is 127 g/mol. The summed E-state index contributed by atoms with van der Waals surface area (Å²) in [5, 5.41) is 0. The summed E-state index contributed by atoms with van der Waals surface area (Å²) in [5.41, 5.74) is 0. The predicted molar refractivity (Wildman–Crippen MR) is 31.9 cm³/mol. The summed E-state index contributed by atoms with van der Waals surface area (Å²) in [5.74, 6) is -0.604. The van der Waals surface area contributed by atoms with E-state index in [1.54, 1.807) is 7.05 Å². The zero-order valence-corrected chi connectivity index (χ0v) is 5.55. The lowest BCUT2D eigenvalue weighted by molar-refractivity contribution is -0.139. The number of carbonyl (C=O) groups excluding carboxylic acids is 2. The fourth-order valence-electron chi connectivity index (χ4n) is 0.889. The molecule has 1 amide bonds. The van der Waals surface area contributed by atoms with Gasteiger partial charge in [0.1, 0.15) is 0 Å². The van der Waals surface area contributed by atoms with Crippen molar-refractivity contribution in [2.24, 2.45) is 0 Å². The molecule has 0 aromatic rings. The number of amides is 1. The summed E-state index contributed by atoms with van der Waals surface area (Å²) in [7, 11) is 1.65. The molecule has 1 fully saturated rings. The summed E-state index contributed by atoms with van der Waals surface area (Å²) >= 11 is 0. The van der Waals surface area contributed by atoms with Crippen molar-refractivity contribution in [1.29, 1.82) is 0 Å². The molecule has 0 spiro atoms. The predicted octanol–water partition coefficient (Wildman–Crippen LogP) is -0.194. The first-order valence-corrected chi connectivity index (χ1v) is 2.93. The van der Waals surface area contributed by atoms with E-state index in [1.807, 2.05) is 6.92 Å². The van der Waals surface area contributed by atoms with E-state index in [4.69, 9.17) is 0 Å². The second kappa shape index (κ2) is 1.83. The summed E-state index contributed by atoms with van der Waals surface area (Å²) in [4.78, 5) is 22.8. The molecule has 0 saturated carbocycles. The highest BCUT2D eigenvalue weighted by Crippen LogP contribution is 2.11. The SMILES string of the molecule is CC1CC(=O)C(=O)N1C. The van der Waals surface area contributed by atoms with Crippen LogP contribution in [-0.2, 0) is 9.59 Å². The van der Waals surface area contributed by atoms with Crippen LogP contribution in [0.1, 0.15) is 13.3 Å². The molecule has 0 N–H and O–H groups in total. The van der Waals surface area contributed by atoms with Crippen LogP contribution in [0.15, 0.2) is 0 Å². The van der Waals surface area contributed by atoms with Crippen LogP contribution in [0.2, 0.25) is 0 Å². The van der Waals surface area contributed by atoms with Gasteiger partial charge in [-0.25, -0.2) is 0 Å². The normalized spacial score (nSPS) is 27.8. The van der Waals surface area contributed by atoms with Crippen molar-refractivity contribution in [2.45, 2.75) is 19.4 Å². The van der Waals surface area contributed by atoms with Gasteiger partial charge in [0.25, 0.3) is 5.91 Å². The van der Waals surface area contributed by atoms with E-state index in [0.29, 0.717) is 6.42 Å². The molecule has 0 aromatic carbocycles. The van der Waals surface area contributed by atoms with E-state index in [-0.39, 0.29) is 17.7 Å². The topological polar surface area (TPSA) is 37.4 Å². The molecule has 0 aromatic heterocycles. The van der Waals surface area contributed by atoms with Crippen LogP contribution in [0, 0.1) is 0 Å². The van der Waals surface area contributed by atoms with E-state index in [2.05, 4.69) is 0 Å². The van der Waals surface area contributed by atoms with Crippen molar-refractivity contribution in [2.75, 3.05) is 7.05 Å². The number of likely N-dealkylation sites (N-methyl/N-ethyl adjacent to an activating group) is 1. The molecule has 1 rings (SSSR count). The van der Waals surface area contributed by atoms with Crippen LogP contribution < -0.4 is 0 Å². The van der Waals surface area contributed by atoms with Gasteiger partial charge in [-0.1, -0.05) is 0 Å². The Balaban J connectivity index is 2.77. The molecule has 0 bridgehead atoms. The van der Waals surface area contributed by atoms with Gasteiger partial charge in [0.2, 0.25) is 5.78 Å². The van der Waals surface area contributed by atoms with Crippen LogP contribution in [0.5, 0.6) is 0 Å². The van der Waals surface area contributed by atoms with Crippen LogP contribution >= 0.6 is 0 Å². The number of ketones is 1. The second-order valence-electron chi connectivity index (χ2n) is 2.39. The molecule has 1 saturated heterocycles. The van der Waals surface area contributed by atoms with Gasteiger partial charge >= 0.3 is 0 Å². The highest BCUT2D eigenvalue weighted by molar-refractivity contribution is 6.38. The fraction of sp³-hybridized carbons (Fsp3) is 0.667. The zero-order valence-electron chi connectivity index (χ0n) is 5.55. The van der Waals surface area contributed by atoms with Gasteiger partial charge in [0.05, 0.1) is 0 Å². The molecule has 1 unspecified atom stereocenters. The molecule has 0 aliphatic carbocycles. The first kappa shape index (κ1) is 6.26. The van der Waals surface area contributed by atoms with E-state index in [0.717, 1.165) is 0 Å². The Bertz CT molecular complexity index is 164. The molecule has 1 aliphatic rings. The number of likely N-dealkylation sites (tertiary alicyclic amines) is 1. The summed E-state index contributed by atoms with van der Waals surface area (Å²) in [6.07, 6.45) is 0.384. The Labute approximate surface area is 53.6 Å². The molecule has 1 heterocycles. The van der Waals surface area contributed by atoms with Crippen molar-refractivity contribution in [3.05, 3.63) is 0 Å². The highest BCUT2D eigenvalue weighted by Gasteiger charge is 2.31. The van der Waals surface area contributed by atoms with Crippen LogP contribution in [0.25, 0.3) is 0 Å².